The highest BCUT2D eigenvalue weighted by Gasteiger charge is 2.43. The van der Waals surface area contributed by atoms with Gasteiger partial charge in [-0.2, -0.15) is 0 Å². The maximum absolute atomic E-state index is 14.0. The highest BCUT2D eigenvalue weighted by Crippen LogP contribution is 2.45. The molecule has 0 amide bonds. The van der Waals surface area contributed by atoms with Crippen molar-refractivity contribution in [1.29, 1.82) is 0 Å². The SMILES string of the molecule is CC(C)(C)[Si](C)(C)Oc1ccc(F)c(C=O)c1C1OCCO1.CC(C)(C)[Si](C)(C)Oc1ccc(F)c2c1C(O)OC2.CC(C)(C)[Si](C)(C)Oc1ccc(F)cc1C1OCCO1. The lowest BCUT2D eigenvalue weighted by Gasteiger charge is -2.37. The third kappa shape index (κ3) is 12.1. The summed E-state index contributed by atoms with van der Waals surface area (Å²) in [6.45, 7) is 34.0. The topological polar surface area (TPSA) is 111 Å². The summed E-state index contributed by atoms with van der Waals surface area (Å²) in [6, 6.07) is 10.3. The van der Waals surface area contributed by atoms with Gasteiger partial charge in [0.05, 0.1) is 55.3 Å². The molecule has 3 aromatic rings. The number of aliphatic hydroxyl groups is 1. The first kappa shape index (κ1) is 50.6. The van der Waals surface area contributed by atoms with Gasteiger partial charge in [0.25, 0.3) is 0 Å². The van der Waals surface area contributed by atoms with Crippen LogP contribution in [0.3, 0.4) is 0 Å². The van der Waals surface area contributed by atoms with Crippen LogP contribution in [0.4, 0.5) is 13.2 Å². The Hall–Kier alpha value is -3.07. The first-order valence-electron chi connectivity index (χ1n) is 20.7. The summed E-state index contributed by atoms with van der Waals surface area (Å²) in [7, 11) is -6.13. The van der Waals surface area contributed by atoms with Crippen LogP contribution in [0.5, 0.6) is 17.2 Å². The van der Waals surface area contributed by atoms with Crippen LogP contribution in [0.15, 0.2) is 42.5 Å². The van der Waals surface area contributed by atoms with E-state index in [9.17, 15) is 23.1 Å². The number of halogens is 3. The maximum Gasteiger partial charge on any atom is 0.250 e. The molecule has 0 spiro atoms. The molecule has 2 fully saturated rings. The van der Waals surface area contributed by atoms with E-state index in [-0.39, 0.29) is 38.9 Å². The number of rotatable bonds is 9. The number of benzene rings is 3. The number of ether oxygens (including phenoxy) is 5. The third-order valence-corrected chi connectivity index (χ3v) is 25.5. The molecule has 0 bridgehead atoms. The van der Waals surface area contributed by atoms with Crippen molar-refractivity contribution in [3.63, 3.8) is 0 Å². The summed E-state index contributed by atoms with van der Waals surface area (Å²) in [6.07, 6.45) is -1.87. The van der Waals surface area contributed by atoms with E-state index in [1.54, 1.807) is 18.2 Å². The summed E-state index contributed by atoms with van der Waals surface area (Å²) in [5.74, 6) is 0.447. The highest BCUT2D eigenvalue weighted by molar-refractivity contribution is 6.75. The van der Waals surface area contributed by atoms with Crippen molar-refractivity contribution in [3.8, 4) is 17.2 Å². The third-order valence-electron chi connectivity index (χ3n) is 12.4. The molecular weight excluding hydrogens is 842 g/mol. The van der Waals surface area contributed by atoms with Crippen LogP contribution in [-0.4, -0.2) is 62.8 Å². The van der Waals surface area contributed by atoms with Gasteiger partial charge in [0, 0.05) is 5.56 Å². The zero-order valence-electron chi connectivity index (χ0n) is 38.6. The molecule has 0 saturated carbocycles. The number of hydrogen-bond donors (Lipinski definition) is 1. The number of aldehydes is 1. The average Bonchev–Trinajstić information content (AvgIpc) is 3.94. The second kappa shape index (κ2) is 19.4. The zero-order valence-corrected chi connectivity index (χ0v) is 41.6. The minimum Gasteiger partial charge on any atom is -0.543 e. The minimum atomic E-state index is -2.13. The fourth-order valence-corrected chi connectivity index (χ4v) is 8.66. The Morgan fingerprint density at radius 2 is 1.00 bits per heavy atom. The fraction of sp³-hybridized carbons (Fsp3) is 0.578. The van der Waals surface area contributed by atoms with Crippen LogP contribution in [0.25, 0.3) is 0 Å². The number of hydrogen-bond acceptors (Lipinski definition) is 10. The van der Waals surface area contributed by atoms with E-state index in [1.807, 2.05) is 0 Å². The van der Waals surface area contributed by atoms with Crippen molar-refractivity contribution in [1.82, 2.24) is 0 Å². The lowest BCUT2D eigenvalue weighted by molar-refractivity contribution is -0.0925. The van der Waals surface area contributed by atoms with Gasteiger partial charge in [-0.05, 0) is 96.9 Å². The largest absolute Gasteiger partial charge is 0.543 e. The molecule has 61 heavy (non-hydrogen) atoms. The van der Waals surface area contributed by atoms with Crippen LogP contribution in [0, 0.1) is 17.5 Å². The van der Waals surface area contributed by atoms with E-state index < -0.39 is 49.6 Å². The van der Waals surface area contributed by atoms with Gasteiger partial charge in [-0.3, -0.25) is 4.79 Å². The van der Waals surface area contributed by atoms with E-state index in [0.717, 1.165) is 0 Å². The predicted octanol–water partition coefficient (Wildman–Crippen LogP) is 12.1. The van der Waals surface area contributed by atoms with Crippen molar-refractivity contribution in [2.24, 2.45) is 0 Å². The van der Waals surface area contributed by atoms with E-state index in [1.165, 1.54) is 24.3 Å². The molecule has 3 heterocycles. The molecule has 1 N–H and O–H groups in total. The monoisotopic (exact) mass is 908 g/mol. The van der Waals surface area contributed by atoms with Gasteiger partial charge in [0.2, 0.25) is 25.0 Å². The fourth-order valence-electron chi connectivity index (χ4n) is 5.55. The Bertz CT molecular complexity index is 1980. The molecule has 3 aromatic carbocycles. The van der Waals surface area contributed by atoms with E-state index >= 15 is 0 Å². The standard InChI is InChI=1S/C16H23FO4Si.C15H23FO3Si.C14H21FO3Si/c1-16(2,3)22(4,5)21-13-7-6-12(17)11(10-18)14(13)15-19-8-9-20-15;1-15(2,3)20(4,5)19-13-7-6-11(16)10-12(13)14-17-8-9-18-14;1-14(2,3)19(4,5)18-11-7-6-10(15)9-8-17-13(16)12(9)11/h6-7,10,15H,8-9H2,1-5H3;6-7,10,14H,8-9H2,1-5H3;6-7,13,16H,8H2,1-5H3. The molecule has 0 aliphatic carbocycles. The van der Waals surface area contributed by atoms with Gasteiger partial charge in [-0.25, -0.2) is 13.2 Å². The van der Waals surface area contributed by atoms with Gasteiger partial charge in [-0.1, -0.05) is 62.3 Å². The normalized spacial score (nSPS) is 17.9. The zero-order chi connectivity index (χ0) is 45.9. The van der Waals surface area contributed by atoms with Crippen molar-refractivity contribution in [2.45, 2.75) is 142 Å². The molecule has 1 unspecified atom stereocenters. The minimum absolute atomic E-state index is 0.0165. The Kier molecular flexibility index (Phi) is 16.0. The van der Waals surface area contributed by atoms with Gasteiger partial charge in [0.1, 0.15) is 34.7 Å². The summed E-state index contributed by atoms with van der Waals surface area (Å²) >= 11 is 0. The second-order valence-corrected chi connectivity index (χ2v) is 34.2. The average molecular weight is 909 g/mol. The van der Waals surface area contributed by atoms with Crippen LogP contribution in [-0.2, 0) is 30.3 Å². The van der Waals surface area contributed by atoms with Crippen molar-refractivity contribution < 1.29 is 60.0 Å². The van der Waals surface area contributed by atoms with Crippen LogP contribution >= 0.6 is 0 Å². The Balaban J connectivity index is 0.000000202. The number of carbonyl (C=O) groups excluding carboxylic acids is 1. The number of fused-ring (bicyclic) bond motifs is 1. The van der Waals surface area contributed by atoms with E-state index in [4.69, 9.17) is 37.0 Å². The molecule has 340 valence electrons. The van der Waals surface area contributed by atoms with E-state index in [2.05, 4.69) is 102 Å². The smallest absolute Gasteiger partial charge is 0.250 e. The van der Waals surface area contributed by atoms with E-state index in [0.29, 0.717) is 72.2 Å². The van der Waals surface area contributed by atoms with Crippen LogP contribution < -0.4 is 13.3 Å². The van der Waals surface area contributed by atoms with Gasteiger partial charge >= 0.3 is 0 Å². The number of aliphatic hydroxyl groups excluding tert-OH is 1. The maximum atomic E-state index is 14.0. The lowest BCUT2D eigenvalue weighted by atomic mass is 10.1. The second-order valence-electron chi connectivity index (χ2n) is 20.0. The lowest BCUT2D eigenvalue weighted by Crippen LogP contribution is -2.44. The van der Waals surface area contributed by atoms with Crippen LogP contribution in [0.1, 0.15) is 114 Å². The Labute approximate surface area is 363 Å². The summed E-state index contributed by atoms with van der Waals surface area (Å²) in [5.41, 5.74) is 1.81. The predicted molar refractivity (Wildman–Crippen MR) is 237 cm³/mol. The summed E-state index contributed by atoms with van der Waals surface area (Å²) < 4.78 is 86.8. The molecule has 16 heteroatoms. The summed E-state index contributed by atoms with van der Waals surface area (Å²) in [4.78, 5) is 11.3. The Morgan fingerprint density at radius 1 is 0.590 bits per heavy atom. The van der Waals surface area contributed by atoms with Crippen molar-refractivity contribution in [3.05, 3.63) is 87.7 Å². The van der Waals surface area contributed by atoms with Crippen molar-refractivity contribution in [2.75, 3.05) is 26.4 Å². The molecule has 0 aromatic heterocycles. The van der Waals surface area contributed by atoms with Gasteiger partial charge in [0.15, 0.2) is 25.2 Å². The first-order chi connectivity index (χ1) is 28.0. The molecule has 6 rings (SSSR count). The molecule has 10 nitrogen and oxygen atoms in total. The van der Waals surface area contributed by atoms with Crippen molar-refractivity contribution >= 4 is 31.2 Å². The highest BCUT2D eigenvalue weighted by atomic mass is 28.4. The summed E-state index contributed by atoms with van der Waals surface area (Å²) in [5, 5.41) is 9.94. The molecule has 0 radical (unpaired) electrons. The number of carbonyl (C=O) groups is 1. The Morgan fingerprint density at radius 3 is 1.46 bits per heavy atom. The molecule has 2 saturated heterocycles. The first-order valence-corrected chi connectivity index (χ1v) is 29.4. The molecule has 3 aliphatic heterocycles. The molecule has 1 atom stereocenters. The molecule has 3 aliphatic rings. The van der Waals surface area contributed by atoms with Crippen LogP contribution in [0.2, 0.25) is 54.4 Å². The van der Waals surface area contributed by atoms with Gasteiger partial charge < -0.3 is 42.1 Å². The molecular formula is C45H67F3O10Si3. The van der Waals surface area contributed by atoms with Gasteiger partial charge in [-0.15, -0.1) is 0 Å². The quantitative estimate of drug-likeness (QED) is 0.165.